The van der Waals surface area contributed by atoms with E-state index in [1.807, 2.05) is 0 Å². The van der Waals surface area contributed by atoms with Crippen molar-refractivity contribution in [2.45, 2.75) is 31.5 Å². The highest BCUT2D eigenvalue weighted by atomic mass is 32.1. The Labute approximate surface area is 114 Å². The first kappa shape index (κ1) is 14.4. The molecule has 2 rings (SSSR count). The number of rotatable bonds is 3. The first-order valence-corrected chi connectivity index (χ1v) is 6.19. The number of hydrogen-bond acceptors (Lipinski definition) is 6. The highest BCUT2D eigenvalue weighted by molar-refractivity contribution is 7.71. The van der Waals surface area contributed by atoms with Crippen LogP contribution in [-0.2, 0) is 9.47 Å². The fourth-order valence-corrected chi connectivity index (χ4v) is 2.37. The fraction of sp³-hybridized carbons (Fsp3) is 0.636. The third-order valence-electron chi connectivity index (χ3n) is 3.18. The lowest BCUT2D eigenvalue weighted by atomic mass is 10.1. The lowest BCUT2D eigenvalue weighted by Gasteiger charge is -2.21. The maximum atomic E-state index is 11.4. The summed E-state index contributed by atoms with van der Waals surface area (Å²) in [6.07, 6.45) is -1.53. The molecule has 1 saturated heterocycles. The van der Waals surface area contributed by atoms with Crippen LogP contribution in [0.5, 0.6) is 0 Å². The minimum Gasteiger partial charge on any atom is -0.394 e. The molecule has 7 nitrogen and oxygen atoms in total. The average molecular weight is 288 g/mol. The summed E-state index contributed by atoms with van der Waals surface area (Å²) in [5, 5.41) is 19.1. The van der Waals surface area contributed by atoms with Crippen molar-refractivity contribution in [3.8, 4) is 0 Å². The molecule has 19 heavy (non-hydrogen) atoms. The topological polar surface area (TPSA) is 96.7 Å². The van der Waals surface area contributed by atoms with Gasteiger partial charge in [-0.25, -0.2) is 0 Å². The molecule has 0 aliphatic carbocycles. The number of aromatic amines is 1. The molecular weight excluding hydrogens is 272 g/mol. The summed E-state index contributed by atoms with van der Waals surface area (Å²) in [5.41, 5.74) is 0.196. The molecule has 0 radical (unpaired) electrons. The van der Waals surface area contributed by atoms with Crippen LogP contribution in [0.15, 0.2) is 11.0 Å². The molecule has 0 spiro atoms. The summed E-state index contributed by atoms with van der Waals surface area (Å²) in [7, 11) is 1.44. The smallest absolute Gasteiger partial charge is 0.254 e. The summed E-state index contributed by atoms with van der Waals surface area (Å²) in [6, 6.07) is 0. The quantitative estimate of drug-likeness (QED) is 0.648. The summed E-state index contributed by atoms with van der Waals surface area (Å²) in [6.45, 7) is 1.31. The van der Waals surface area contributed by atoms with Gasteiger partial charge in [-0.2, -0.15) is 0 Å². The lowest BCUT2D eigenvalue weighted by molar-refractivity contribution is -0.0616. The zero-order valence-electron chi connectivity index (χ0n) is 10.6. The molecule has 1 aliphatic heterocycles. The van der Waals surface area contributed by atoms with E-state index in [-0.39, 0.29) is 16.9 Å². The van der Waals surface area contributed by atoms with Gasteiger partial charge in [-0.3, -0.25) is 14.3 Å². The maximum Gasteiger partial charge on any atom is 0.254 e. The number of nitrogens with one attached hydrogen (secondary N) is 1. The van der Waals surface area contributed by atoms with Crippen molar-refractivity contribution in [2.24, 2.45) is 0 Å². The Bertz CT molecular complexity index is 569. The van der Waals surface area contributed by atoms with E-state index in [9.17, 15) is 9.90 Å². The van der Waals surface area contributed by atoms with Crippen LogP contribution in [0.3, 0.4) is 0 Å². The van der Waals surface area contributed by atoms with Gasteiger partial charge < -0.3 is 19.7 Å². The second kappa shape index (κ2) is 5.51. The maximum absolute atomic E-state index is 11.4. The Hall–Kier alpha value is -1.06. The fourth-order valence-electron chi connectivity index (χ4n) is 2.12. The number of methoxy groups -OCH3 is 1. The largest absolute Gasteiger partial charge is 0.394 e. The van der Waals surface area contributed by atoms with Crippen LogP contribution in [0.1, 0.15) is 11.8 Å². The van der Waals surface area contributed by atoms with E-state index in [1.165, 1.54) is 11.7 Å². The van der Waals surface area contributed by atoms with Crippen molar-refractivity contribution < 1.29 is 19.7 Å². The van der Waals surface area contributed by atoms with Gasteiger partial charge in [-0.05, 0) is 19.1 Å². The highest BCUT2D eigenvalue weighted by Crippen LogP contribution is 2.31. The third kappa shape index (κ3) is 2.49. The Balaban J connectivity index is 2.44. The van der Waals surface area contributed by atoms with Gasteiger partial charge in [0, 0.05) is 18.9 Å². The molecule has 0 aromatic carbocycles. The molecule has 0 unspecified atom stereocenters. The molecule has 3 N–H and O–H groups in total. The number of hydrogen-bond donors (Lipinski definition) is 3. The van der Waals surface area contributed by atoms with Gasteiger partial charge in [0.25, 0.3) is 5.56 Å². The Morgan fingerprint density at radius 3 is 2.89 bits per heavy atom. The van der Waals surface area contributed by atoms with Gasteiger partial charge in [0.15, 0.2) is 11.0 Å². The second-order valence-electron chi connectivity index (χ2n) is 4.42. The number of H-pyrrole nitrogens is 1. The first-order valence-electron chi connectivity index (χ1n) is 5.78. The Morgan fingerprint density at radius 1 is 1.63 bits per heavy atom. The number of aromatic nitrogens is 2. The van der Waals surface area contributed by atoms with Crippen molar-refractivity contribution in [3.63, 3.8) is 0 Å². The standard InChI is InChI=1S/C11H16N2O5S/c1-5-3-13(11(19)12-9(5)16)10-8(17-2)7(15)6(4-14)18-10/h3,6-8,10,14-15H,4H2,1-2H3,(H,12,16,19)/t6-,7+,8-,10-/m1/s1. The van der Waals surface area contributed by atoms with Gasteiger partial charge in [0.2, 0.25) is 0 Å². The van der Waals surface area contributed by atoms with Crippen molar-refractivity contribution >= 4 is 12.2 Å². The molecule has 4 atom stereocenters. The van der Waals surface area contributed by atoms with Gasteiger partial charge in [0.1, 0.15) is 18.3 Å². The monoisotopic (exact) mass is 288 g/mol. The predicted octanol–water partition coefficient (Wildman–Crippen LogP) is -0.520. The lowest BCUT2D eigenvalue weighted by Crippen LogP contribution is -2.35. The Morgan fingerprint density at radius 2 is 2.32 bits per heavy atom. The van der Waals surface area contributed by atoms with Crippen LogP contribution in [0.25, 0.3) is 0 Å². The molecule has 0 bridgehead atoms. The van der Waals surface area contributed by atoms with E-state index >= 15 is 0 Å². The Kier molecular flexibility index (Phi) is 4.16. The molecule has 2 heterocycles. The van der Waals surface area contributed by atoms with E-state index in [2.05, 4.69) is 4.98 Å². The zero-order chi connectivity index (χ0) is 14.2. The molecule has 1 fully saturated rings. The summed E-state index contributed by atoms with van der Waals surface area (Å²) < 4.78 is 12.4. The van der Waals surface area contributed by atoms with Crippen molar-refractivity contribution in [1.82, 2.24) is 9.55 Å². The van der Waals surface area contributed by atoms with Gasteiger partial charge in [0.05, 0.1) is 6.61 Å². The number of aliphatic hydroxyl groups is 2. The molecular formula is C11H16N2O5S. The minimum absolute atomic E-state index is 0.174. The summed E-state index contributed by atoms with van der Waals surface area (Å²) >= 11 is 5.08. The normalized spacial score (nSPS) is 30.7. The second-order valence-corrected chi connectivity index (χ2v) is 4.80. The molecule has 1 aliphatic rings. The zero-order valence-corrected chi connectivity index (χ0v) is 11.4. The average Bonchev–Trinajstić information content (AvgIpc) is 2.70. The number of nitrogens with zero attached hydrogens (tertiary/aromatic N) is 1. The molecule has 0 saturated carbocycles. The van der Waals surface area contributed by atoms with E-state index in [1.54, 1.807) is 13.1 Å². The minimum atomic E-state index is -0.964. The molecule has 8 heteroatoms. The third-order valence-corrected chi connectivity index (χ3v) is 3.50. The van der Waals surface area contributed by atoms with Gasteiger partial charge >= 0.3 is 0 Å². The van der Waals surface area contributed by atoms with Crippen LogP contribution < -0.4 is 5.56 Å². The number of ether oxygens (including phenoxy) is 2. The van der Waals surface area contributed by atoms with E-state index in [4.69, 9.17) is 26.8 Å². The van der Waals surface area contributed by atoms with E-state index < -0.39 is 24.5 Å². The molecule has 106 valence electrons. The van der Waals surface area contributed by atoms with Crippen LogP contribution in [-0.4, -0.2) is 51.8 Å². The van der Waals surface area contributed by atoms with Crippen molar-refractivity contribution in [2.75, 3.05) is 13.7 Å². The van der Waals surface area contributed by atoms with Crippen LogP contribution in [0, 0.1) is 11.7 Å². The van der Waals surface area contributed by atoms with Crippen molar-refractivity contribution in [3.05, 3.63) is 26.9 Å². The molecule has 1 aromatic heterocycles. The van der Waals surface area contributed by atoms with E-state index in [0.29, 0.717) is 5.56 Å². The van der Waals surface area contributed by atoms with Crippen LogP contribution in [0.4, 0.5) is 0 Å². The van der Waals surface area contributed by atoms with Crippen LogP contribution in [0.2, 0.25) is 0 Å². The molecule has 1 aromatic rings. The van der Waals surface area contributed by atoms with Crippen molar-refractivity contribution in [1.29, 1.82) is 0 Å². The predicted molar refractivity (Wildman–Crippen MR) is 68.4 cm³/mol. The number of aliphatic hydroxyl groups excluding tert-OH is 2. The molecule has 0 amide bonds. The summed E-state index contributed by atoms with van der Waals surface area (Å²) in [5.74, 6) is 0. The summed E-state index contributed by atoms with van der Waals surface area (Å²) in [4.78, 5) is 14.0. The number of aryl methyl sites for hydroxylation is 1. The van der Waals surface area contributed by atoms with Gasteiger partial charge in [-0.15, -0.1) is 0 Å². The SMILES string of the molecule is CO[C@@H]1[C@@H](O)[C@@H](CO)O[C@H]1n1cc(C)c(=O)[nH]c1=S. The van der Waals surface area contributed by atoms with Gasteiger partial charge in [-0.1, -0.05) is 0 Å². The first-order chi connectivity index (χ1) is 8.99. The van der Waals surface area contributed by atoms with E-state index in [0.717, 1.165) is 0 Å². The van der Waals surface area contributed by atoms with Crippen LogP contribution >= 0.6 is 12.2 Å². The highest BCUT2D eigenvalue weighted by Gasteiger charge is 2.44.